The Kier molecular flexibility index (Phi) is 7.43. The fourth-order valence-electron chi connectivity index (χ4n) is 2.91. The normalized spacial score (nSPS) is 10.7. The van der Waals surface area contributed by atoms with Crippen LogP contribution in [0.25, 0.3) is 12.0 Å². The van der Waals surface area contributed by atoms with Crippen molar-refractivity contribution in [2.45, 2.75) is 27.2 Å². The Labute approximate surface area is 183 Å². The number of nitro benzene ring substituents is 1. The third-order valence-electron chi connectivity index (χ3n) is 4.38. The van der Waals surface area contributed by atoms with Gasteiger partial charge in [0.05, 0.1) is 10.6 Å². The van der Waals surface area contributed by atoms with Gasteiger partial charge in [0.15, 0.2) is 0 Å². The van der Waals surface area contributed by atoms with Crippen LogP contribution in [0.5, 0.6) is 0 Å². The molecule has 0 bridgehead atoms. The van der Waals surface area contributed by atoms with Gasteiger partial charge in [-0.2, -0.15) is 9.78 Å². The van der Waals surface area contributed by atoms with Crippen molar-refractivity contribution in [2.24, 2.45) is 0 Å². The first-order valence-corrected chi connectivity index (χ1v) is 9.19. The maximum atomic E-state index is 12.3. The Morgan fingerprint density at radius 3 is 2.55 bits per heavy atom. The van der Waals surface area contributed by atoms with Gasteiger partial charge in [-0.15, -0.1) is 12.4 Å². The molecular weight excluding hydrogens is 424 g/mol. The van der Waals surface area contributed by atoms with Gasteiger partial charge in [-0.1, -0.05) is 6.92 Å². The van der Waals surface area contributed by atoms with Crippen molar-refractivity contribution in [1.29, 1.82) is 0 Å². The van der Waals surface area contributed by atoms with Gasteiger partial charge in [-0.3, -0.25) is 24.7 Å². The standard InChI is InChI=1S/C20H20N6O4.ClH/c1-4-16-13(3)21-20(23-19(16)28)25-17(11-12(2)24-25)22-18(27)10-7-14-5-8-15(9-6-14)26(29)30;/h5-11H,4H2,1-3H3,(H,22,27)(H,21,23,28);1H/b10-7+;. The van der Waals surface area contributed by atoms with Gasteiger partial charge < -0.3 is 5.32 Å². The fourth-order valence-corrected chi connectivity index (χ4v) is 2.91. The molecule has 2 heterocycles. The number of amides is 1. The van der Waals surface area contributed by atoms with E-state index in [0.717, 1.165) is 0 Å². The van der Waals surface area contributed by atoms with Gasteiger partial charge in [0.2, 0.25) is 11.9 Å². The number of H-pyrrole nitrogens is 1. The lowest BCUT2D eigenvalue weighted by molar-refractivity contribution is -0.384. The Balaban J connectivity index is 0.00000341. The number of benzene rings is 1. The highest BCUT2D eigenvalue weighted by atomic mass is 35.5. The molecule has 31 heavy (non-hydrogen) atoms. The molecule has 162 valence electrons. The lowest BCUT2D eigenvalue weighted by Gasteiger charge is -2.09. The number of aromatic amines is 1. The van der Waals surface area contributed by atoms with Gasteiger partial charge in [-0.25, -0.2) is 4.98 Å². The second kappa shape index (κ2) is 9.81. The number of rotatable bonds is 6. The summed E-state index contributed by atoms with van der Waals surface area (Å²) in [6.45, 7) is 5.38. The quantitative estimate of drug-likeness (QED) is 0.340. The van der Waals surface area contributed by atoms with Crippen LogP contribution in [0.2, 0.25) is 0 Å². The number of anilines is 1. The van der Waals surface area contributed by atoms with Crippen molar-refractivity contribution in [3.63, 3.8) is 0 Å². The van der Waals surface area contributed by atoms with E-state index >= 15 is 0 Å². The number of aromatic nitrogens is 4. The lowest BCUT2D eigenvalue weighted by atomic mass is 10.2. The highest BCUT2D eigenvalue weighted by Gasteiger charge is 2.14. The molecule has 0 saturated heterocycles. The van der Waals surface area contributed by atoms with E-state index in [4.69, 9.17) is 0 Å². The Morgan fingerprint density at radius 2 is 1.97 bits per heavy atom. The first-order valence-electron chi connectivity index (χ1n) is 9.19. The van der Waals surface area contributed by atoms with Crippen LogP contribution in [0.3, 0.4) is 0 Å². The minimum Gasteiger partial charge on any atom is -0.307 e. The fraction of sp³-hybridized carbons (Fsp3) is 0.200. The molecular formula is C20H21ClN6O4. The van der Waals surface area contributed by atoms with Crippen LogP contribution < -0.4 is 10.9 Å². The molecule has 0 fully saturated rings. The molecule has 2 aromatic heterocycles. The maximum absolute atomic E-state index is 12.3. The Hall–Kier alpha value is -3.79. The number of aryl methyl sites for hydroxylation is 2. The highest BCUT2D eigenvalue weighted by molar-refractivity contribution is 6.01. The zero-order valence-corrected chi connectivity index (χ0v) is 17.9. The van der Waals surface area contributed by atoms with Crippen molar-refractivity contribution in [1.82, 2.24) is 19.7 Å². The van der Waals surface area contributed by atoms with Crippen LogP contribution in [-0.4, -0.2) is 30.6 Å². The van der Waals surface area contributed by atoms with Gasteiger partial charge in [-0.05, 0) is 44.0 Å². The Bertz CT molecular complexity index is 1200. The molecule has 3 aromatic rings. The highest BCUT2D eigenvalue weighted by Crippen LogP contribution is 2.16. The molecule has 0 aliphatic carbocycles. The van der Waals surface area contributed by atoms with Crippen LogP contribution in [0.1, 0.15) is 29.4 Å². The van der Waals surface area contributed by atoms with Crippen molar-refractivity contribution >= 4 is 35.9 Å². The minimum absolute atomic E-state index is 0. The molecule has 0 aliphatic heterocycles. The number of non-ortho nitro benzene ring substituents is 1. The predicted octanol–water partition coefficient (Wildman–Crippen LogP) is 3.12. The predicted molar refractivity (Wildman–Crippen MR) is 119 cm³/mol. The smallest absolute Gasteiger partial charge is 0.269 e. The van der Waals surface area contributed by atoms with Crippen LogP contribution in [-0.2, 0) is 11.2 Å². The number of nitrogens with one attached hydrogen (secondary N) is 2. The van der Waals surface area contributed by atoms with E-state index in [-0.39, 0.29) is 29.6 Å². The van der Waals surface area contributed by atoms with E-state index in [1.807, 2.05) is 6.92 Å². The van der Waals surface area contributed by atoms with Gasteiger partial charge in [0.25, 0.3) is 11.2 Å². The van der Waals surface area contributed by atoms with Crippen molar-refractivity contribution < 1.29 is 9.72 Å². The number of carbonyl (C=O) groups excluding carboxylic acids is 1. The molecule has 0 unspecified atom stereocenters. The first-order chi connectivity index (χ1) is 14.3. The molecule has 0 spiro atoms. The van der Waals surface area contributed by atoms with E-state index in [1.165, 1.54) is 29.0 Å². The number of carbonyl (C=O) groups is 1. The van der Waals surface area contributed by atoms with E-state index in [9.17, 15) is 19.7 Å². The summed E-state index contributed by atoms with van der Waals surface area (Å²) in [5.74, 6) is 0.119. The number of hydrogen-bond donors (Lipinski definition) is 2. The minimum atomic E-state index is -0.489. The molecule has 1 amide bonds. The van der Waals surface area contributed by atoms with Gasteiger partial charge in [0, 0.05) is 35.5 Å². The van der Waals surface area contributed by atoms with Crippen molar-refractivity contribution in [3.05, 3.63) is 79.4 Å². The summed E-state index contributed by atoms with van der Waals surface area (Å²) in [6.07, 6.45) is 3.39. The summed E-state index contributed by atoms with van der Waals surface area (Å²) in [5.41, 5.74) is 2.19. The number of hydrogen-bond acceptors (Lipinski definition) is 6. The summed E-state index contributed by atoms with van der Waals surface area (Å²) in [6, 6.07) is 7.47. The molecule has 3 rings (SSSR count). The average Bonchev–Trinajstić information content (AvgIpc) is 3.06. The van der Waals surface area contributed by atoms with Crippen molar-refractivity contribution in [2.75, 3.05) is 5.32 Å². The van der Waals surface area contributed by atoms with Crippen molar-refractivity contribution in [3.8, 4) is 5.95 Å². The SMILES string of the molecule is CCc1c(C)nc(-n2nc(C)cc2NC(=O)/C=C/c2ccc([N+](=O)[O-])cc2)[nH]c1=O.Cl. The molecule has 11 heteroatoms. The van der Waals surface area contributed by atoms with Crippen LogP contribution >= 0.6 is 12.4 Å². The van der Waals surface area contributed by atoms with Gasteiger partial charge in [0.1, 0.15) is 5.82 Å². The maximum Gasteiger partial charge on any atom is 0.269 e. The number of halogens is 1. The number of nitrogens with zero attached hydrogens (tertiary/aromatic N) is 4. The van der Waals surface area contributed by atoms with E-state index in [1.54, 1.807) is 32.0 Å². The van der Waals surface area contributed by atoms with Crippen LogP contribution in [0.15, 0.2) is 41.2 Å². The summed E-state index contributed by atoms with van der Waals surface area (Å²) in [4.78, 5) is 41.9. The largest absolute Gasteiger partial charge is 0.307 e. The van der Waals surface area contributed by atoms with Gasteiger partial charge >= 0.3 is 0 Å². The second-order valence-corrected chi connectivity index (χ2v) is 6.56. The molecule has 0 saturated carbocycles. The number of nitro groups is 1. The molecule has 0 aliphatic rings. The summed E-state index contributed by atoms with van der Waals surface area (Å²) in [5, 5.41) is 17.7. The van der Waals surface area contributed by atoms with Crippen LogP contribution in [0, 0.1) is 24.0 Å². The Morgan fingerprint density at radius 1 is 1.29 bits per heavy atom. The average molecular weight is 445 g/mol. The lowest BCUT2D eigenvalue weighted by Crippen LogP contribution is -2.21. The zero-order valence-electron chi connectivity index (χ0n) is 17.1. The van der Waals surface area contributed by atoms with Crippen LogP contribution in [0.4, 0.5) is 11.5 Å². The van der Waals surface area contributed by atoms with E-state index < -0.39 is 10.8 Å². The third-order valence-corrected chi connectivity index (χ3v) is 4.38. The topological polar surface area (TPSA) is 136 Å². The molecule has 10 nitrogen and oxygen atoms in total. The zero-order chi connectivity index (χ0) is 21.8. The molecule has 0 radical (unpaired) electrons. The van der Waals surface area contributed by atoms with E-state index in [2.05, 4.69) is 20.4 Å². The molecule has 1 aromatic carbocycles. The molecule has 2 N–H and O–H groups in total. The summed E-state index contributed by atoms with van der Waals surface area (Å²) >= 11 is 0. The second-order valence-electron chi connectivity index (χ2n) is 6.56. The first kappa shape index (κ1) is 23.5. The summed E-state index contributed by atoms with van der Waals surface area (Å²) in [7, 11) is 0. The van der Waals surface area contributed by atoms with E-state index in [0.29, 0.717) is 34.8 Å². The summed E-state index contributed by atoms with van der Waals surface area (Å²) < 4.78 is 1.36. The monoisotopic (exact) mass is 444 g/mol. The molecule has 0 atom stereocenters. The third kappa shape index (κ3) is 5.43.